The molecule has 1 aliphatic rings. The largest absolute Gasteiger partial charge is 0.497 e. The normalized spacial score (nSPS) is 12.4. The average molecular weight is 378 g/mol. The van der Waals surface area contributed by atoms with E-state index in [1.54, 1.807) is 7.11 Å². The van der Waals surface area contributed by atoms with Gasteiger partial charge < -0.3 is 24.8 Å². The molecule has 1 aromatic heterocycles. The summed E-state index contributed by atoms with van der Waals surface area (Å²) in [4.78, 5) is 9.02. The van der Waals surface area contributed by atoms with E-state index < -0.39 is 0 Å². The van der Waals surface area contributed by atoms with Crippen LogP contribution in [-0.2, 0) is 6.54 Å². The fraction of sp³-hybridized carbons (Fsp3) is 0.238. The summed E-state index contributed by atoms with van der Waals surface area (Å²) in [6, 6.07) is 15.5. The molecule has 0 amide bonds. The van der Waals surface area contributed by atoms with Gasteiger partial charge in [0, 0.05) is 30.1 Å². The molecule has 0 spiro atoms. The van der Waals surface area contributed by atoms with E-state index in [1.165, 1.54) is 0 Å². The van der Waals surface area contributed by atoms with Gasteiger partial charge in [0.15, 0.2) is 11.5 Å². The van der Waals surface area contributed by atoms with Gasteiger partial charge in [-0.15, -0.1) is 0 Å². The second-order valence-corrected chi connectivity index (χ2v) is 6.40. The first-order chi connectivity index (χ1) is 13.7. The van der Waals surface area contributed by atoms with Crippen LogP contribution in [0.25, 0.3) is 0 Å². The molecule has 0 radical (unpaired) electrons. The molecule has 0 fully saturated rings. The van der Waals surface area contributed by atoms with Gasteiger partial charge in [-0.05, 0) is 36.8 Å². The summed E-state index contributed by atoms with van der Waals surface area (Å²) >= 11 is 0. The lowest BCUT2D eigenvalue weighted by atomic mass is 10.2. The zero-order chi connectivity index (χ0) is 19.3. The molecule has 0 aliphatic carbocycles. The number of ether oxygens (including phenoxy) is 3. The van der Waals surface area contributed by atoms with Crippen molar-refractivity contribution in [2.75, 3.05) is 31.0 Å². The summed E-state index contributed by atoms with van der Waals surface area (Å²) in [5.41, 5.74) is 2.86. The number of hydrogen-bond donors (Lipinski definition) is 2. The Morgan fingerprint density at radius 1 is 0.964 bits per heavy atom. The van der Waals surface area contributed by atoms with Crippen molar-refractivity contribution >= 4 is 17.5 Å². The van der Waals surface area contributed by atoms with Gasteiger partial charge in [0.2, 0.25) is 5.95 Å². The molecule has 28 heavy (non-hydrogen) atoms. The summed E-state index contributed by atoms with van der Waals surface area (Å²) in [7, 11) is 1.66. The highest BCUT2D eigenvalue weighted by molar-refractivity contribution is 5.62. The van der Waals surface area contributed by atoms with Crippen molar-refractivity contribution in [3.05, 3.63) is 59.8 Å². The van der Waals surface area contributed by atoms with Crippen molar-refractivity contribution in [1.82, 2.24) is 9.97 Å². The monoisotopic (exact) mass is 378 g/mol. The van der Waals surface area contributed by atoms with E-state index in [1.807, 2.05) is 55.5 Å². The van der Waals surface area contributed by atoms with Gasteiger partial charge in [-0.3, -0.25) is 0 Å². The third-order valence-corrected chi connectivity index (χ3v) is 4.28. The average Bonchev–Trinajstić information content (AvgIpc) is 2.72. The lowest BCUT2D eigenvalue weighted by Crippen LogP contribution is -2.15. The van der Waals surface area contributed by atoms with Crippen LogP contribution in [0.2, 0.25) is 0 Å². The maximum Gasteiger partial charge on any atom is 0.225 e. The van der Waals surface area contributed by atoms with Crippen LogP contribution in [0.3, 0.4) is 0 Å². The second-order valence-electron chi connectivity index (χ2n) is 6.40. The fourth-order valence-electron chi connectivity index (χ4n) is 2.91. The van der Waals surface area contributed by atoms with Gasteiger partial charge in [-0.1, -0.05) is 12.1 Å². The second kappa shape index (κ2) is 8.04. The van der Waals surface area contributed by atoms with Crippen LogP contribution in [0.15, 0.2) is 48.5 Å². The minimum Gasteiger partial charge on any atom is -0.497 e. The van der Waals surface area contributed by atoms with Crippen molar-refractivity contribution in [1.29, 1.82) is 0 Å². The van der Waals surface area contributed by atoms with E-state index in [-0.39, 0.29) is 0 Å². The lowest BCUT2D eigenvalue weighted by Gasteiger charge is -2.19. The van der Waals surface area contributed by atoms with Crippen LogP contribution in [0.5, 0.6) is 17.2 Å². The van der Waals surface area contributed by atoms with Crippen molar-refractivity contribution in [3.63, 3.8) is 0 Å². The molecule has 2 aromatic carbocycles. The third-order valence-electron chi connectivity index (χ3n) is 4.28. The first-order valence-electron chi connectivity index (χ1n) is 9.09. The van der Waals surface area contributed by atoms with E-state index >= 15 is 0 Å². The van der Waals surface area contributed by atoms with Crippen molar-refractivity contribution in [2.24, 2.45) is 0 Å². The number of methoxy groups -OCH3 is 1. The van der Waals surface area contributed by atoms with Crippen LogP contribution >= 0.6 is 0 Å². The number of nitrogens with zero attached hydrogens (tertiary/aromatic N) is 2. The van der Waals surface area contributed by atoms with E-state index in [2.05, 4.69) is 20.6 Å². The first kappa shape index (κ1) is 17.9. The SMILES string of the molecule is COc1ccc(CNc2nc(C)cc(Nc3ccc4c(c3)OCCO4)n2)cc1. The Kier molecular flexibility index (Phi) is 5.14. The molecule has 2 N–H and O–H groups in total. The summed E-state index contributed by atoms with van der Waals surface area (Å²) in [6.07, 6.45) is 0. The number of rotatable bonds is 6. The van der Waals surface area contributed by atoms with E-state index in [9.17, 15) is 0 Å². The number of hydrogen-bond acceptors (Lipinski definition) is 7. The molecule has 7 nitrogen and oxygen atoms in total. The van der Waals surface area contributed by atoms with Gasteiger partial charge in [-0.25, -0.2) is 4.98 Å². The maximum absolute atomic E-state index is 5.63. The van der Waals surface area contributed by atoms with Crippen LogP contribution < -0.4 is 24.8 Å². The van der Waals surface area contributed by atoms with E-state index in [0.29, 0.717) is 31.5 Å². The number of fused-ring (bicyclic) bond motifs is 1. The molecule has 144 valence electrons. The Morgan fingerprint density at radius 3 is 2.54 bits per heavy atom. The molecule has 7 heteroatoms. The van der Waals surface area contributed by atoms with Gasteiger partial charge in [0.05, 0.1) is 7.11 Å². The quantitative estimate of drug-likeness (QED) is 0.673. The Morgan fingerprint density at radius 2 is 1.75 bits per heavy atom. The molecule has 1 aliphatic heterocycles. The van der Waals surface area contributed by atoms with Gasteiger partial charge in [-0.2, -0.15) is 4.98 Å². The first-order valence-corrected chi connectivity index (χ1v) is 9.09. The van der Waals surface area contributed by atoms with Crippen molar-refractivity contribution in [3.8, 4) is 17.2 Å². The highest BCUT2D eigenvalue weighted by Gasteiger charge is 2.12. The minimum absolute atomic E-state index is 0.558. The van der Waals surface area contributed by atoms with Gasteiger partial charge in [0.1, 0.15) is 24.8 Å². The van der Waals surface area contributed by atoms with Crippen LogP contribution in [-0.4, -0.2) is 30.3 Å². The zero-order valence-corrected chi connectivity index (χ0v) is 15.9. The highest BCUT2D eigenvalue weighted by Crippen LogP contribution is 2.33. The number of anilines is 3. The summed E-state index contributed by atoms with van der Waals surface area (Å²) < 4.78 is 16.4. The molecule has 0 saturated carbocycles. The predicted octanol–water partition coefficient (Wildman–Crippen LogP) is 3.92. The molecule has 3 aromatic rings. The van der Waals surface area contributed by atoms with Crippen molar-refractivity contribution < 1.29 is 14.2 Å². The van der Waals surface area contributed by atoms with E-state index in [4.69, 9.17) is 14.2 Å². The topological polar surface area (TPSA) is 77.5 Å². The number of aryl methyl sites for hydroxylation is 1. The number of aromatic nitrogens is 2. The summed E-state index contributed by atoms with van der Waals surface area (Å²) in [5, 5.41) is 6.57. The molecule has 0 atom stereocenters. The highest BCUT2D eigenvalue weighted by atomic mass is 16.6. The Bertz CT molecular complexity index is 960. The smallest absolute Gasteiger partial charge is 0.225 e. The summed E-state index contributed by atoms with van der Waals surface area (Å²) in [6.45, 7) is 3.70. The molecular weight excluding hydrogens is 356 g/mol. The molecule has 0 unspecified atom stereocenters. The van der Waals surface area contributed by atoms with Gasteiger partial charge >= 0.3 is 0 Å². The van der Waals surface area contributed by atoms with Crippen molar-refractivity contribution in [2.45, 2.75) is 13.5 Å². The molecular formula is C21H22N4O3. The zero-order valence-electron chi connectivity index (χ0n) is 15.9. The Labute approximate surface area is 163 Å². The van der Waals surface area contributed by atoms with Crippen LogP contribution in [0.1, 0.15) is 11.3 Å². The maximum atomic E-state index is 5.63. The summed E-state index contributed by atoms with van der Waals surface area (Å²) in [5.74, 6) is 3.61. The molecule has 0 saturated heterocycles. The minimum atomic E-state index is 0.558. The Balaban J connectivity index is 1.45. The molecule has 2 heterocycles. The fourth-order valence-corrected chi connectivity index (χ4v) is 2.91. The third kappa shape index (κ3) is 4.25. The number of nitrogens with one attached hydrogen (secondary N) is 2. The lowest BCUT2D eigenvalue weighted by molar-refractivity contribution is 0.171. The van der Waals surface area contributed by atoms with Crippen LogP contribution in [0.4, 0.5) is 17.5 Å². The molecule has 4 rings (SSSR count). The van der Waals surface area contributed by atoms with Gasteiger partial charge in [0.25, 0.3) is 0 Å². The Hall–Kier alpha value is -3.48. The molecule has 0 bridgehead atoms. The number of benzene rings is 2. The standard InChI is InChI=1S/C21H22N4O3/c1-14-11-20(24-16-5-8-18-19(12-16)28-10-9-27-18)25-21(23-14)22-13-15-3-6-17(26-2)7-4-15/h3-8,11-12H,9-10,13H2,1-2H3,(H2,22,23,24,25). The van der Waals surface area contributed by atoms with E-state index in [0.717, 1.165) is 34.2 Å². The predicted molar refractivity (Wildman–Crippen MR) is 108 cm³/mol. The van der Waals surface area contributed by atoms with Crippen LogP contribution in [0, 0.1) is 6.92 Å².